The lowest BCUT2D eigenvalue weighted by molar-refractivity contribution is -0.147. The second-order valence-electron chi connectivity index (χ2n) is 5.73. The molecule has 1 rings (SSSR count). The molecule has 0 saturated carbocycles. The van der Waals surface area contributed by atoms with Crippen molar-refractivity contribution in [1.82, 2.24) is 9.80 Å². The summed E-state index contributed by atoms with van der Waals surface area (Å²) in [5.41, 5.74) is -1.17. The van der Waals surface area contributed by atoms with Crippen LogP contribution in [0.4, 0.5) is 4.79 Å². The van der Waals surface area contributed by atoms with Gasteiger partial charge in [-0.05, 0) is 40.0 Å². The molecule has 1 aliphatic heterocycles. The number of likely N-dealkylation sites (tertiary alicyclic amines) is 1. The van der Waals surface area contributed by atoms with Crippen LogP contribution in [-0.4, -0.2) is 51.6 Å². The molecule has 0 spiro atoms. The topological polar surface area (TPSA) is 60.9 Å². The maximum absolute atomic E-state index is 12.5. The Morgan fingerprint density at radius 2 is 1.94 bits per heavy atom. The Morgan fingerprint density at radius 3 is 2.28 bits per heavy atom. The third-order valence-corrected chi connectivity index (χ3v) is 3.77. The van der Waals surface area contributed by atoms with Gasteiger partial charge in [-0.2, -0.15) is 0 Å². The third kappa shape index (κ3) is 2.60. The fourth-order valence-corrected chi connectivity index (χ4v) is 2.61. The molecule has 1 heterocycles. The number of hydrogen-bond donors (Lipinski definition) is 1. The van der Waals surface area contributed by atoms with Crippen LogP contribution < -0.4 is 0 Å². The summed E-state index contributed by atoms with van der Waals surface area (Å²) >= 11 is 0. The van der Waals surface area contributed by atoms with Gasteiger partial charge in [0.05, 0.1) is 0 Å². The van der Waals surface area contributed by atoms with E-state index in [0.717, 1.165) is 6.42 Å². The summed E-state index contributed by atoms with van der Waals surface area (Å²) in [6.07, 6.45) is 0.983. The summed E-state index contributed by atoms with van der Waals surface area (Å²) in [6, 6.07) is 0.0212. The van der Waals surface area contributed by atoms with Gasteiger partial charge >= 0.3 is 12.0 Å². The van der Waals surface area contributed by atoms with Gasteiger partial charge in [0, 0.05) is 19.1 Å². The van der Waals surface area contributed by atoms with Gasteiger partial charge < -0.3 is 14.9 Å². The molecule has 18 heavy (non-hydrogen) atoms. The quantitative estimate of drug-likeness (QED) is 0.840. The summed E-state index contributed by atoms with van der Waals surface area (Å²) < 4.78 is 0. The summed E-state index contributed by atoms with van der Waals surface area (Å²) in [7, 11) is 0. The number of nitrogens with zero attached hydrogens (tertiary/aromatic N) is 2. The predicted molar refractivity (Wildman–Crippen MR) is 69.4 cm³/mol. The van der Waals surface area contributed by atoms with E-state index < -0.39 is 11.5 Å². The molecular formula is C13H24N2O3. The maximum Gasteiger partial charge on any atom is 0.329 e. The van der Waals surface area contributed by atoms with Crippen molar-refractivity contribution in [2.45, 2.75) is 52.6 Å². The van der Waals surface area contributed by atoms with E-state index in [-0.39, 0.29) is 12.1 Å². The zero-order valence-electron chi connectivity index (χ0n) is 11.9. The van der Waals surface area contributed by atoms with Crippen molar-refractivity contribution >= 4 is 12.0 Å². The third-order valence-electron chi connectivity index (χ3n) is 3.77. The van der Waals surface area contributed by atoms with Gasteiger partial charge in [0.25, 0.3) is 0 Å². The molecule has 5 nitrogen and oxygen atoms in total. The summed E-state index contributed by atoms with van der Waals surface area (Å²) in [4.78, 5) is 27.0. The molecule has 1 N–H and O–H groups in total. The molecule has 2 amide bonds. The zero-order valence-corrected chi connectivity index (χ0v) is 11.9. The molecule has 1 fully saturated rings. The van der Waals surface area contributed by atoms with Crippen molar-refractivity contribution in [2.75, 3.05) is 13.1 Å². The molecular weight excluding hydrogens is 232 g/mol. The highest BCUT2D eigenvalue weighted by Crippen LogP contribution is 2.26. The molecule has 0 radical (unpaired) electrons. The summed E-state index contributed by atoms with van der Waals surface area (Å²) in [6.45, 7) is 10.2. The van der Waals surface area contributed by atoms with Crippen molar-refractivity contribution in [2.24, 2.45) is 5.92 Å². The average Bonchev–Trinajstić information content (AvgIpc) is 2.58. The van der Waals surface area contributed by atoms with Crippen LogP contribution in [0.5, 0.6) is 0 Å². The molecule has 2 atom stereocenters. The number of carboxylic acid groups (broad SMARTS) is 1. The predicted octanol–water partition coefficient (Wildman–Crippen LogP) is 2.02. The normalized spacial score (nSPS) is 24.2. The highest BCUT2D eigenvalue weighted by Gasteiger charge is 2.41. The van der Waals surface area contributed by atoms with Crippen LogP contribution in [0.25, 0.3) is 0 Å². The molecule has 2 unspecified atom stereocenters. The van der Waals surface area contributed by atoms with Crippen molar-refractivity contribution in [3.8, 4) is 0 Å². The van der Waals surface area contributed by atoms with Crippen LogP contribution in [-0.2, 0) is 4.79 Å². The van der Waals surface area contributed by atoms with Crippen LogP contribution >= 0.6 is 0 Å². The Bertz CT molecular complexity index is 341. The summed E-state index contributed by atoms with van der Waals surface area (Å²) in [5.74, 6) is -0.492. The molecule has 104 valence electrons. The summed E-state index contributed by atoms with van der Waals surface area (Å²) in [5, 5.41) is 9.24. The number of aliphatic carboxylic acids is 1. The number of carbonyl (C=O) groups is 2. The average molecular weight is 256 g/mol. The van der Waals surface area contributed by atoms with Gasteiger partial charge in [0.1, 0.15) is 5.54 Å². The van der Waals surface area contributed by atoms with E-state index in [2.05, 4.69) is 6.92 Å². The van der Waals surface area contributed by atoms with Gasteiger partial charge in [-0.1, -0.05) is 6.92 Å². The van der Waals surface area contributed by atoms with Gasteiger partial charge in [-0.25, -0.2) is 9.59 Å². The van der Waals surface area contributed by atoms with Crippen molar-refractivity contribution < 1.29 is 14.7 Å². The van der Waals surface area contributed by atoms with Crippen molar-refractivity contribution in [1.29, 1.82) is 0 Å². The standard InChI is InChI=1S/C13H24N2O3/c1-6-15(13(4,5)11(16)17)12(18)14-8-9(2)7-10(14)3/h9-10H,6-8H2,1-5H3,(H,16,17). The van der Waals surface area contributed by atoms with Crippen LogP contribution in [0.2, 0.25) is 0 Å². The first-order valence-electron chi connectivity index (χ1n) is 6.53. The maximum atomic E-state index is 12.5. The highest BCUT2D eigenvalue weighted by molar-refractivity contribution is 5.85. The Kier molecular flexibility index (Phi) is 4.24. The molecule has 0 aliphatic carbocycles. The first-order chi connectivity index (χ1) is 8.21. The minimum atomic E-state index is -1.17. The Labute approximate surface area is 109 Å². The number of carbonyl (C=O) groups excluding carboxylic acids is 1. The Morgan fingerprint density at radius 1 is 1.39 bits per heavy atom. The van der Waals surface area contributed by atoms with Crippen LogP contribution in [0, 0.1) is 5.92 Å². The van der Waals surface area contributed by atoms with Gasteiger partial charge in [-0.15, -0.1) is 0 Å². The van der Waals surface area contributed by atoms with Gasteiger partial charge in [0.15, 0.2) is 0 Å². The number of hydrogen-bond acceptors (Lipinski definition) is 2. The van der Waals surface area contributed by atoms with Crippen molar-refractivity contribution in [3.63, 3.8) is 0 Å². The van der Waals surface area contributed by atoms with E-state index in [1.807, 2.05) is 13.8 Å². The first kappa shape index (κ1) is 14.8. The number of amides is 2. The van der Waals surface area contributed by atoms with E-state index in [1.165, 1.54) is 4.90 Å². The number of carboxylic acids is 1. The monoisotopic (exact) mass is 256 g/mol. The van der Waals surface area contributed by atoms with E-state index in [4.69, 9.17) is 0 Å². The number of urea groups is 1. The molecule has 1 saturated heterocycles. The van der Waals surface area contributed by atoms with Crippen LogP contribution in [0.15, 0.2) is 0 Å². The fourth-order valence-electron chi connectivity index (χ4n) is 2.61. The minimum Gasteiger partial charge on any atom is -0.480 e. The van der Waals surface area contributed by atoms with Gasteiger partial charge in [0.2, 0.25) is 0 Å². The lowest BCUT2D eigenvalue weighted by Crippen LogP contribution is -2.57. The minimum absolute atomic E-state index is 0.165. The SMILES string of the molecule is CCN(C(=O)N1CC(C)CC1C)C(C)(C)C(=O)O. The fraction of sp³-hybridized carbons (Fsp3) is 0.846. The van der Waals surface area contributed by atoms with E-state index in [0.29, 0.717) is 19.0 Å². The van der Waals surface area contributed by atoms with E-state index in [1.54, 1.807) is 18.7 Å². The smallest absolute Gasteiger partial charge is 0.329 e. The molecule has 0 aromatic heterocycles. The number of likely N-dealkylation sites (N-methyl/N-ethyl adjacent to an activating group) is 1. The molecule has 0 bridgehead atoms. The van der Waals surface area contributed by atoms with E-state index >= 15 is 0 Å². The lowest BCUT2D eigenvalue weighted by Gasteiger charge is -2.38. The Balaban J connectivity index is 2.90. The van der Waals surface area contributed by atoms with Crippen molar-refractivity contribution in [3.05, 3.63) is 0 Å². The molecule has 5 heteroatoms. The highest BCUT2D eigenvalue weighted by atomic mass is 16.4. The molecule has 0 aromatic carbocycles. The van der Waals surface area contributed by atoms with E-state index in [9.17, 15) is 14.7 Å². The lowest BCUT2D eigenvalue weighted by atomic mass is 10.0. The first-order valence-corrected chi connectivity index (χ1v) is 6.53. The van der Waals surface area contributed by atoms with Crippen LogP contribution in [0.1, 0.15) is 41.0 Å². The second-order valence-corrected chi connectivity index (χ2v) is 5.73. The largest absolute Gasteiger partial charge is 0.480 e. The number of rotatable bonds is 3. The second kappa shape index (κ2) is 5.16. The molecule has 0 aromatic rings. The Hall–Kier alpha value is -1.26. The van der Waals surface area contributed by atoms with Gasteiger partial charge in [-0.3, -0.25) is 0 Å². The van der Waals surface area contributed by atoms with Crippen LogP contribution in [0.3, 0.4) is 0 Å². The molecule has 1 aliphatic rings. The zero-order chi connectivity index (χ0) is 14.1.